The van der Waals surface area contributed by atoms with Gasteiger partial charge < -0.3 is 4.74 Å². The van der Waals surface area contributed by atoms with Crippen molar-refractivity contribution in [2.75, 3.05) is 0 Å². The Hall–Kier alpha value is -2.95. The molecule has 1 amide bonds. The summed E-state index contributed by atoms with van der Waals surface area (Å²) in [4.78, 5) is 23.3. The lowest BCUT2D eigenvalue weighted by Gasteiger charge is -2.20. The van der Waals surface area contributed by atoms with Crippen molar-refractivity contribution in [1.29, 1.82) is 0 Å². The van der Waals surface area contributed by atoms with Gasteiger partial charge in [-0.3, -0.25) is 9.59 Å². The van der Waals surface area contributed by atoms with Crippen LogP contribution < -0.4 is 4.74 Å². The second-order valence-electron chi connectivity index (χ2n) is 5.63. The molecule has 0 saturated carbocycles. The summed E-state index contributed by atoms with van der Waals surface area (Å²) in [5.74, 6) is -0.0473. The van der Waals surface area contributed by atoms with E-state index in [1.165, 1.54) is 18.9 Å². The van der Waals surface area contributed by atoms with Crippen LogP contribution in [-0.4, -0.2) is 22.6 Å². The van der Waals surface area contributed by atoms with Gasteiger partial charge in [0.2, 0.25) is 5.91 Å². The number of rotatable bonds is 3. The van der Waals surface area contributed by atoms with Crippen molar-refractivity contribution < 1.29 is 14.3 Å². The van der Waals surface area contributed by atoms with Crippen molar-refractivity contribution >= 4 is 17.6 Å². The first-order valence-electron chi connectivity index (χ1n) is 7.76. The van der Waals surface area contributed by atoms with Gasteiger partial charge in [0, 0.05) is 25.8 Å². The molecule has 0 spiro atoms. The zero-order valence-corrected chi connectivity index (χ0v) is 13.6. The van der Waals surface area contributed by atoms with Gasteiger partial charge >= 0.3 is 5.97 Å². The lowest BCUT2D eigenvalue weighted by molar-refractivity contribution is -0.132. The highest BCUT2D eigenvalue weighted by molar-refractivity contribution is 6.05. The highest BCUT2D eigenvalue weighted by Gasteiger charge is 2.32. The number of carbonyl (C=O) groups is 2. The quantitative estimate of drug-likeness (QED) is 0.643. The maximum absolute atomic E-state index is 12.0. The number of hydrazone groups is 1. The Morgan fingerprint density at radius 2 is 1.71 bits per heavy atom. The molecule has 2 aromatic carbocycles. The number of esters is 1. The summed E-state index contributed by atoms with van der Waals surface area (Å²) in [5, 5.41) is 5.99. The molecular weight excluding hydrogens is 304 g/mol. The summed E-state index contributed by atoms with van der Waals surface area (Å²) in [7, 11) is 0. The van der Waals surface area contributed by atoms with E-state index in [9.17, 15) is 9.59 Å². The largest absolute Gasteiger partial charge is 0.426 e. The summed E-state index contributed by atoms with van der Waals surface area (Å²) >= 11 is 0. The number of hydrogen-bond donors (Lipinski definition) is 0. The van der Waals surface area contributed by atoms with Crippen LogP contribution in [0.5, 0.6) is 5.75 Å². The molecule has 1 atom stereocenters. The van der Waals surface area contributed by atoms with Gasteiger partial charge in [-0.2, -0.15) is 5.10 Å². The van der Waals surface area contributed by atoms with Crippen molar-refractivity contribution in [3.63, 3.8) is 0 Å². The highest BCUT2D eigenvalue weighted by Crippen LogP contribution is 2.34. The van der Waals surface area contributed by atoms with Crippen LogP contribution in [0, 0.1) is 0 Å². The van der Waals surface area contributed by atoms with E-state index < -0.39 is 0 Å². The highest BCUT2D eigenvalue weighted by atomic mass is 16.5. The van der Waals surface area contributed by atoms with Crippen molar-refractivity contribution in [1.82, 2.24) is 5.01 Å². The van der Waals surface area contributed by atoms with Gasteiger partial charge in [0.25, 0.3) is 0 Å². The van der Waals surface area contributed by atoms with Crippen LogP contribution in [0.15, 0.2) is 59.7 Å². The molecular formula is C19H18N2O3. The average molecular weight is 322 g/mol. The first-order valence-corrected chi connectivity index (χ1v) is 7.76. The smallest absolute Gasteiger partial charge is 0.308 e. The minimum Gasteiger partial charge on any atom is -0.426 e. The minimum atomic E-state index is -0.385. The maximum Gasteiger partial charge on any atom is 0.308 e. The first kappa shape index (κ1) is 15.9. The number of nitrogens with zero attached hydrogens (tertiary/aromatic N) is 2. The fourth-order valence-corrected chi connectivity index (χ4v) is 2.85. The molecule has 122 valence electrons. The summed E-state index contributed by atoms with van der Waals surface area (Å²) in [5.41, 5.74) is 2.49. The Morgan fingerprint density at radius 3 is 2.38 bits per heavy atom. The number of ether oxygens (including phenoxy) is 1. The normalized spacial score (nSPS) is 16.7. The van der Waals surface area contributed by atoms with Crippen molar-refractivity contribution in [3.05, 3.63) is 65.7 Å². The zero-order chi connectivity index (χ0) is 17.1. The van der Waals surface area contributed by atoms with Gasteiger partial charge in [-0.25, -0.2) is 5.01 Å². The second kappa shape index (κ2) is 6.66. The molecule has 2 aromatic rings. The Morgan fingerprint density at radius 1 is 1.04 bits per heavy atom. The van der Waals surface area contributed by atoms with E-state index in [2.05, 4.69) is 5.10 Å². The van der Waals surface area contributed by atoms with E-state index in [0.717, 1.165) is 16.8 Å². The molecule has 24 heavy (non-hydrogen) atoms. The number of para-hydroxylation sites is 1. The van der Waals surface area contributed by atoms with Gasteiger partial charge in [-0.05, 0) is 17.7 Å². The lowest BCUT2D eigenvalue weighted by atomic mass is 9.98. The fourth-order valence-electron chi connectivity index (χ4n) is 2.85. The van der Waals surface area contributed by atoms with E-state index >= 15 is 0 Å². The molecule has 0 N–H and O–H groups in total. The van der Waals surface area contributed by atoms with Crippen molar-refractivity contribution in [3.8, 4) is 5.75 Å². The van der Waals surface area contributed by atoms with Crippen LogP contribution >= 0.6 is 0 Å². The minimum absolute atomic E-state index is 0.121. The molecule has 0 bridgehead atoms. The van der Waals surface area contributed by atoms with Crippen LogP contribution in [0.3, 0.4) is 0 Å². The molecule has 0 aromatic heterocycles. The number of carbonyl (C=O) groups excluding carboxylic acids is 2. The Labute approximate surface area is 140 Å². The molecule has 0 saturated heterocycles. The van der Waals surface area contributed by atoms with Gasteiger partial charge in [0.05, 0.1) is 11.8 Å². The van der Waals surface area contributed by atoms with Crippen LogP contribution in [0.2, 0.25) is 0 Å². The SMILES string of the molecule is CC(=O)Oc1ccccc1C1=NN(C(C)=O)[C@H](c2ccccc2)C1. The Bertz CT molecular complexity index is 799. The maximum atomic E-state index is 12.0. The molecule has 0 unspecified atom stereocenters. The number of benzene rings is 2. The van der Waals surface area contributed by atoms with Crippen molar-refractivity contribution in [2.24, 2.45) is 5.10 Å². The number of amides is 1. The molecule has 1 aliphatic rings. The van der Waals surface area contributed by atoms with Gasteiger partial charge in [-0.15, -0.1) is 0 Å². The first-order chi connectivity index (χ1) is 11.6. The second-order valence-corrected chi connectivity index (χ2v) is 5.63. The van der Waals surface area contributed by atoms with Crippen molar-refractivity contribution in [2.45, 2.75) is 26.3 Å². The number of hydrogen-bond acceptors (Lipinski definition) is 4. The van der Waals surface area contributed by atoms with E-state index in [4.69, 9.17) is 4.74 Å². The van der Waals surface area contributed by atoms with E-state index in [1.54, 1.807) is 12.1 Å². The predicted molar refractivity (Wildman–Crippen MR) is 90.6 cm³/mol. The van der Waals surface area contributed by atoms with E-state index in [1.807, 2.05) is 42.5 Å². The van der Waals surface area contributed by atoms with Crippen LogP contribution in [-0.2, 0) is 9.59 Å². The van der Waals surface area contributed by atoms with Gasteiger partial charge in [0.1, 0.15) is 5.75 Å². The van der Waals surface area contributed by atoms with Crippen LogP contribution in [0.25, 0.3) is 0 Å². The van der Waals surface area contributed by atoms with Crippen LogP contribution in [0.4, 0.5) is 0 Å². The summed E-state index contributed by atoms with van der Waals surface area (Å²) in [6.45, 7) is 2.86. The molecule has 1 aliphatic heterocycles. The van der Waals surface area contributed by atoms with E-state index in [0.29, 0.717) is 12.2 Å². The average Bonchev–Trinajstić information content (AvgIpc) is 3.01. The fraction of sp³-hybridized carbons (Fsp3) is 0.211. The Balaban J connectivity index is 1.97. The standard InChI is InChI=1S/C19H18N2O3/c1-13(22)21-18(15-8-4-3-5-9-15)12-17(20-21)16-10-6-7-11-19(16)24-14(2)23/h3-11,18H,12H2,1-2H3/t18-/m0/s1. The zero-order valence-electron chi connectivity index (χ0n) is 13.6. The molecule has 1 heterocycles. The van der Waals surface area contributed by atoms with Gasteiger partial charge in [0.15, 0.2) is 0 Å². The molecule has 0 fully saturated rings. The summed E-state index contributed by atoms with van der Waals surface area (Å²) in [6.07, 6.45) is 0.571. The molecule has 0 radical (unpaired) electrons. The monoisotopic (exact) mass is 322 g/mol. The lowest BCUT2D eigenvalue weighted by Crippen LogP contribution is -2.24. The summed E-state index contributed by atoms with van der Waals surface area (Å²) < 4.78 is 5.27. The Kier molecular flexibility index (Phi) is 4.42. The molecule has 5 heteroatoms. The third kappa shape index (κ3) is 3.20. The van der Waals surface area contributed by atoms with Crippen LogP contribution in [0.1, 0.15) is 37.4 Å². The molecule has 5 nitrogen and oxygen atoms in total. The van der Waals surface area contributed by atoms with E-state index in [-0.39, 0.29) is 17.9 Å². The third-order valence-corrected chi connectivity index (χ3v) is 3.87. The predicted octanol–water partition coefficient (Wildman–Crippen LogP) is 3.31. The van der Waals surface area contributed by atoms with Gasteiger partial charge in [-0.1, -0.05) is 42.5 Å². The molecule has 0 aliphatic carbocycles. The summed E-state index contributed by atoms with van der Waals surface area (Å²) in [6, 6.07) is 16.9. The topological polar surface area (TPSA) is 59.0 Å². The third-order valence-electron chi connectivity index (χ3n) is 3.87. The molecule has 3 rings (SSSR count).